The monoisotopic (exact) mass is 171 g/mol. The molecule has 2 atom stereocenters. The van der Waals surface area contributed by atoms with Crippen molar-refractivity contribution >= 4 is 5.97 Å². The van der Waals surface area contributed by atoms with Crippen molar-refractivity contribution in [3.05, 3.63) is 0 Å². The quantitative estimate of drug-likeness (QED) is 0.665. The number of hydrogen-bond acceptors (Lipinski definition) is 2. The molecule has 1 saturated carbocycles. The van der Waals surface area contributed by atoms with Crippen LogP contribution in [0.5, 0.6) is 0 Å². The van der Waals surface area contributed by atoms with Crippen LogP contribution in [-0.4, -0.2) is 23.7 Å². The Bertz CT molecular complexity index is 189. The van der Waals surface area contributed by atoms with Gasteiger partial charge in [-0.3, -0.25) is 4.79 Å². The minimum atomic E-state index is -0.721. The van der Waals surface area contributed by atoms with Gasteiger partial charge in [0, 0.05) is 12.6 Å². The van der Waals surface area contributed by atoms with E-state index in [1.54, 1.807) is 6.92 Å². The van der Waals surface area contributed by atoms with Gasteiger partial charge in [-0.2, -0.15) is 0 Å². The Kier molecular flexibility index (Phi) is 2.42. The van der Waals surface area contributed by atoms with E-state index in [2.05, 4.69) is 19.2 Å². The first-order valence-electron chi connectivity index (χ1n) is 4.39. The van der Waals surface area contributed by atoms with E-state index >= 15 is 0 Å². The molecule has 0 aromatic carbocycles. The van der Waals surface area contributed by atoms with Gasteiger partial charge in [-0.05, 0) is 11.8 Å². The van der Waals surface area contributed by atoms with Gasteiger partial charge in [0.25, 0.3) is 0 Å². The predicted octanol–water partition coefficient (Wildman–Crippen LogP) is 1.10. The number of hydrogen-bond donors (Lipinski definition) is 2. The number of carboxylic acids is 1. The zero-order valence-corrected chi connectivity index (χ0v) is 7.92. The predicted molar refractivity (Wildman–Crippen MR) is 47.0 cm³/mol. The highest BCUT2D eigenvalue weighted by atomic mass is 16.4. The first-order chi connectivity index (χ1) is 5.43. The Morgan fingerprint density at radius 3 is 2.58 bits per heavy atom. The molecule has 3 nitrogen and oxygen atoms in total. The molecule has 0 spiro atoms. The van der Waals surface area contributed by atoms with Crippen LogP contribution in [0.15, 0.2) is 0 Å². The molecule has 1 aliphatic rings. The van der Waals surface area contributed by atoms with Crippen LogP contribution in [0.2, 0.25) is 0 Å². The summed E-state index contributed by atoms with van der Waals surface area (Å²) >= 11 is 0. The van der Waals surface area contributed by atoms with E-state index in [0.717, 1.165) is 0 Å². The maximum Gasteiger partial charge on any atom is 0.307 e. The van der Waals surface area contributed by atoms with Crippen molar-refractivity contribution in [1.82, 2.24) is 5.32 Å². The molecule has 0 aromatic rings. The highest BCUT2D eigenvalue weighted by Gasteiger charge is 2.45. The van der Waals surface area contributed by atoms with Crippen molar-refractivity contribution in [3.8, 4) is 0 Å². The summed E-state index contributed by atoms with van der Waals surface area (Å²) in [7, 11) is 0. The molecule has 0 aromatic heterocycles. The molecular weight excluding hydrogens is 154 g/mol. The van der Waals surface area contributed by atoms with E-state index in [1.165, 1.54) is 6.42 Å². The van der Waals surface area contributed by atoms with Crippen molar-refractivity contribution < 1.29 is 9.90 Å². The van der Waals surface area contributed by atoms with Gasteiger partial charge in [-0.1, -0.05) is 20.8 Å². The molecule has 2 unspecified atom stereocenters. The van der Waals surface area contributed by atoms with E-state index in [9.17, 15) is 4.79 Å². The summed E-state index contributed by atoms with van der Waals surface area (Å²) in [5, 5.41) is 11.9. The van der Waals surface area contributed by atoms with Gasteiger partial charge >= 0.3 is 5.97 Å². The van der Waals surface area contributed by atoms with Crippen molar-refractivity contribution in [2.24, 2.45) is 11.3 Å². The second-order valence-electron chi connectivity index (χ2n) is 4.39. The first kappa shape index (κ1) is 9.52. The molecule has 0 bridgehead atoms. The maximum atomic E-state index is 10.5. The normalized spacial score (nSPS) is 28.1. The third kappa shape index (κ3) is 2.21. The van der Waals surface area contributed by atoms with Crippen LogP contribution in [-0.2, 0) is 4.79 Å². The Hall–Kier alpha value is -0.570. The highest BCUT2D eigenvalue weighted by molar-refractivity contribution is 5.69. The minimum absolute atomic E-state index is 0.276. The molecule has 0 saturated heterocycles. The van der Waals surface area contributed by atoms with Crippen LogP contribution >= 0.6 is 0 Å². The van der Waals surface area contributed by atoms with Crippen LogP contribution in [0, 0.1) is 11.3 Å². The maximum absolute atomic E-state index is 10.5. The minimum Gasteiger partial charge on any atom is -0.481 e. The van der Waals surface area contributed by atoms with Crippen LogP contribution in [0.25, 0.3) is 0 Å². The standard InChI is InChI=1S/C9H17NO2/c1-6(8(11)12)5-10-7-4-9(7,2)3/h6-7,10H,4-5H2,1-3H3,(H,11,12). The van der Waals surface area contributed by atoms with Gasteiger partial charge in [0.15, 0.2) is 0 Å². The summed E-state index contributed by atoms with van der Waals surface area (Å²) in [6.07, 6.45) is 1.17. The topological polar surface area (TPSA) is 49.3 Å². The zero-order valence-electron chi connectivity index (χ0n) is 7.92. The molecule has 12 heavy (non-hydrogen) atoms. The first-order valence-corrected chi connectivity index (χ1v) is 4.39. The fourth-order valence-corrected chi connectivity index (χ4v) is 1.22. The summed E-state index contributed by atoms with van der Waals surface area (Å²) < 4.78 is 0. The van der Waals surface area contributed by atoms with E-state index in [4.69, 9.17) is 5.11 Å². The molecule has 0 heterocycles. The summed E-state index contributed by atoms with van der Waals surface area (Å²) in [5.74, 6) is -0.998. The highest BCUT2D eigenvalue weighted by Crippen LogP contribution is 2.44. The molecule has 70 valence electrons. The largest absolute Gasteiger partial charge is 0.481 e. The molecule has 0 amide bonds. The van der Waals surface area contributed by atoms with Gasteiger partial charge in [0.05, 0.1) is 5.92 Å². The van der Waals surface area contributed by atoms with Crippen molar-refractivity contribution in [1.29, 1.82) is 0 Å². The Labute approximate surface area is 73.2 Å². The number of carbonyl (C=O) groups is 1. The molecule has 1 rings (SSSR count). The fourth-order valence-electron chi connectivity index (χ4n) is 1.22. The Morgan fingerprint density at radius 1 is 1.75 bits per heavy atom. The van der Waals surface area contributed by atoms with Crippen LogP contribution in [0.3, 0.4) is 0 Å². The summed E-state index contributed by atoms with van der Waals surface area (Å²) in [6.45, 7) is 6.69. The lowest BCUT2D eigenvalue weighted by Crippen LogP contribution is -2.29. The van der Waals surface area contributed by atoms with Crippen LogP contribution in [0.4, 0.5) is 0 Å². The van der Waals surface area contributed by atoms with Crippen molar-refractivity contribution in [2.75, 3.05) is 6.54 Å². The van der Waals surface area contributed by atoms with Gasteiger partial charge < -0.3 is 10.4 Å². The molecular formula is C9H17NO2. The third-order valence-electron chi connectivity index (χ3n) is 2.61. The summed E-state index contributed by atoms with van der Waals surface area (Å²) in [4.78, 5) is 10.5. The van der Waals surface area contributed by atoms with Crippen LogP contribution < -0.4 is 5.32 Å². The van der Waals surface area contributed by atoms with E-state index < -0.39 is 5.97 Å². The summed E-state index contributed by atoms with van der Waals surface area (Å²) in [5.41, 5.74) is 0.387. The molecule has 2 N–H and O–H groups in total. The number of nitrogens with one attached hydrogen (secondary N) is 1. The van der Waals surface area contributed by atoms with E-state index in [-0.39, 0.29) is 5.92 Å². The average Bonchev–Trinajstić information content (AvgIpc) is 2.54. The van der Waals surface area contributed by atoms with Gasteiger partial charge in [-0.25, -0.2) is 0 Å². The lowest BCUT2D eigenvalue weighted by molar-refractivity contribution is -0.140. The van der Waals surface area contributed by atoms with Crippen LogP contribution in [0.1, 0.15) is 27.2 Å². The molecule has 1 aliphatic carbocycles. The van der Waals surface area contributed by atoms with Gasteiger partial charge in [0.1, 0.15) is 0 Å². The van der Waals surface area contributed by atoms with Gasteiger partial charge in [-0.15, -0.1) is 0 Å². The second kappa shape index (κ2) is 3.05. The molecule has 1 fully saturated rings. The second-order valence-corrected chi connectivity index (χ2v) is 4.39. The van der Waals surface area contributed by atoms with E-state index in [0.29, 0.717) is 18.0 Å². The third-order valence-corrected chi connectivity index (χ3v) is 2.61. The number of rotatable bonds is 4. The zero-order chi connectivity index (χ0) is 9.35. The van der Waals surface area contributed by atoms with E-state index in [1.807, 2.05) is 0 Å². The van der Waals surface area contributed by atoms with Crippen molar-refractivity contribution in [3.63, 3.8) is 0 Å². The Morgan fingerprint density at radius 2 is 2.25 bits per heavy atom. The SMILES string of the molecule is CC(CNC1CC1(C)C)C(=O)O. The average molecular weight is 171 g/mol. The molecule has 0 aliphatic heterocycles. The lowest BCUT2D eigenvalue weighted by Gasteiger charge is -2.09. The Balaban J connectivity index is 2.15. The van der Waals surface area contributed by atoms with Crippen molar-refractivity contribution in [2.45, 2.75) is 33.2 Å². The number of carboxylic acid groups (broad SMARTS) is 1. The molecule has 3 heteroatoms. The summed E-state index contributed by atoms with van der Waals surface area (Å²) in [6, 6.07) is 0.527. The fraction of sp³-hybridized carbons (Fsp3) is 0.889. The smallest absolute Gasteiger partial charge is 0.307 e. The number of aliphatic carboxylic acids is 1. The lowest BCUT2D eigenvalue weighted by atomic mass is 10.1. The molecule has 0 radical (unpaired) electrons. The van der Waals surface area contributed by atoms with Gasteiger partial charge in [0.2, 0.25) is 0 Å².